The summed E-state index contributed by atoms with van der Waals surface area (Å²) in [6.45, 7) is -5.47. The lowest BCUT2D eigenvalue weighted by Gasteiger charge is -2.51. The Morgan fingerprint density at radius 1 is 0.265 bits per heavy atom. The average Bonchev–Trinajstić information content (AvgIpc) is 0.772. The summed E-state index contributed by atoms with van der Waals surface area (Å²) in [4.78, 5) is 37.7. The Bertz CT molecular complexity index is 2510. The molecule has 0 aliphatic carbocycles. The number of rotatable bonds is 25. The quantitative estimate of drug-likeness (QED) is 0.0404. The van der Waals surface area contributed by atoms with Crippen molar-refractivity contribution in [2.45, 2.75) is 266 Å². The molecule has 8 fully saturated rings. The standard InChI is InChI=1S/C54H91N3O41/c1-12(65)55-23-31(73)41(19(8-62)85-47(23)83)93-48-24(56-13(2)66)32(74)43(21(10-64)90-48)95-53-40(82)45(30(72)22(92-53)11-84-50-39(81)44(29(71)18(7-61)86-50)96-52-38(80)35(77)27(69)16(5-59)88-52)97-54-46(36(78)28(70)17(6-60)89-54)98-49-25(57-14(3)67)33(75)42(20(9-63)91-49)94-51-37(79)34(76)26(68)15(4-58)87-51/h15-54,58-64,68-83H,4-11H2,1-3H3,(H,55,65)(H,56,66)(H,57,67)/t15-,16-,17-,18-,19-,20-,21-,22-,23-,24-,25-,26+,27-,28-,29-,30-,31-,32-,33-,34+,35+,36+,37-,38+,39+,40+,41-,42-,43-,44+,45+,46+,47?,48+,49+,50+,51+,52-,53+,54-/m1/s1. The van der Waals surface area contributed by atoms with Crippen LogP contribution in [0, 0.1) is 0 Å². The molecule has 0 spiro atoms. The van der Waals surface area contributed by atoms with E-state index in [2.05, 4.69) is 16.0 Å². The number of hydrogen-bond acceptors (Lipinski definition) is 41. The van der Waals surface area contributed by atoms with E-state index >= 15 is 0 Å². The predicted molar refractivity (Wildman–Crippen MR) is 299 cm³/mol. The number of ether oxygens (including phenoxy) is 15. The van der Waals surface area contributed by atoms with E-state index < -0.39 is 316 Å². The molecule has 44 heteroatoms. The second-order valence-electron chi connectivity index (χ2n) is 24.6. The number of aliphatic hydroxyl groups excluding tert-OH is 23. The largest absolute Gasteiger partial charge is 0.394 e. The van der Waals surface area contributed by atoms with Gasteiger partial charge >= 0.3 is 0 Å². The number of amides is 3. The molecule has 8 saturated heterocycles. The summed E-state index contributed by atoms with van der Waals surface area (Å²) in [5.41, 5.74) is 0. The van der Waals surface area contributed by atoms with E-state index in [-0.39, 0.29) is 0 Å². The number of hydrogen-bond donors (Lipinski definition) is 26. The topological polar surface area (TPSA) is 691 Å². The molecule has 26 N–H and O–H groups in total. The molecule has 568 valence electrons. The van der Waals surface area contributed by atoms with Crippen molar-refractivity contribution in [2.24, 2.45) is 0 Å². The minimum atomic E-state index is -2.50. The Morgan fingerprint density at radius 2 is 0.551 bits per heavy atom. The van der Waals surface area contributed by atoms with Gasteiger partial charge in [-0.2, -0.15) is 0 Å². The first-order valence-electron chi connectivity index (χ1n) is 31.1. The van der Waals surface area contributed by atoms with Crippen LogP contribution in [0.15, 0.2) is 0 Å². The molecule has 0 aromatic carbocycles. The van der Waals surface area contributed by atoms with Crippen LogP contribution in [0.2, 0.25) is 0 Å². The van der Waals surface area contributed by atoms with Crippen molar-refractivity contribution in [3.8, 4) is 0 Å². The van der Waals surface area contributed by atoms with Crippen molar-refractivity contribution >= 4 is 17.7 Å². The molecule has 0 saturated carbocycles. The zero-order chi connectivity index (χ0) is 72.2. The zero-order valence-corrected chi connectivity index (χ0v) is 52.4. The van der Waals surface area contributed by atoms with Gasteiger partial charge in [0.25, 0.3) is 0 Å². The van der Waals surface area contributed by atoms with Gasteiger partial charge in [0.05, 0.1) is 52.9 Å². The second kappa shape index (κ2) is 35.1. The number of carbonyl (C=O) groups excluding carboxylic acids is 3. The van der Waals surface area contributed by atoms with Crippen molar-refractivity contribution in [3.05, 3.63) is 0 Å². The van der Waals surface area contributed by atoms with E-state index in [4.69, 9.17) is 71.1 Å². The molecule has 0 aromatic heterocycles. The van der Waals surface area contributed by atoms with E-state index in [0.717, 1.165) is 20.8 Å². The van der Waals surface area contributed by atoms with Gasteiger partial charge in [-0.1, -0.05) is 0 Å². The number of aliphatic hydroxyl groups is 23. The molecule has 8 aliphatic rings. The van der Waals surface area contributed by atoms with Gasteiger partial charge < -0.3 is 204 Å². The van der Waals surface area contributed by atoms with Crippen LogP contribution in [-0.2, 0) is 85.4 Å². The monoisotopic (exact) mass is 1440 g/mol. The van der Waals surface area contributed by atoms with Crippen LogP contribution >= 0.6 is 0 Å². The minimum absolute atomic E-state index is 0.766. The van der Waals surface area contributed by atoms with E-state index in [0.29, 0.717) is 0 Å². The van der Waals surface area contributed by atoms with E-state index in [9.17, 15) is 132 Å². The molecule has 0 bridgehead atoms. The van der Waals surface area contributed by atoms with Crippen molar-refractivity contribution in [1.82, 2.24) is 16.0 Å². The summed E-state index contributed by atoms with van der Waals surface area (Å²) < 4.78 is 87.4. The lowest BCUT2D eigenvalue weighted by Crippen LogP contribution is -2.71. The highest BCUT2D eigenvalue weighted by Crippen LogP contribution is 2.39. The fourth-order valence-corrected chi connectivity index (χ4v) is 12.6. The van der Waals surface area contributed by atoms with Crippen LogP contribution in [0.3, 0.4) is 0 Å². The Labute approximate surface area is 554 Å². The normalized spacial score (nSPS) is 49.5. The van der Waals surface area contributed by atoms with Gasteiger partial charge in [0, 0.05) is 20.8 Å². The highest BCUT2D eigenvalue weighted by atomic mass is 16.8. The van der Waals surface area contributed by atoms with Crippen LogP contribution < -0.4 is 16.0 Å². The number of carbonyl (C=O) groups is 3. The highest BCUT2D eigenvalue weighted by Gasteiger charge is 2.60. The lowest BCUT2D eigenvalue weighted by molar-refractivity contribution is -0.398. The first kappa shape index (κ1) is 80.6. The predicted octanol–water partition coefficient (Wildman–Crippen LogP) is -18.0. The highest BCUT2D eigenvalue weighted by molar-refractivity contribution is 5.74. The van der Waals surface area contributed by atoms with Crippen LogP contribution in [0.25, 0.3) is 0 Å². The molecule has 1 unspecified atom stereocenters. The second-order valence-corrected chi connectivity index (χ2v) is 24.6. The SMILES string of the molecule is CC(=O)N[C@H]1[C@H](O[C@H]2[C@H](O)[C@@H](NC(C)=O)C(O)O[C@@H]2CO)O[C@H](CO)[C@@H](O[C@@H]2O[C@H](CO[C@H]3O[C@H](CO)[C@@H](O)[C@H](O[C@H]4O[C@H](CO)[C@@H](O)[C@H](O)[C@@H]4O)[C@@H]3O)[C@@H](O)[C@H](O[C@H]3O[C@H](CO)[C@@H](O)[C@H](O)[C@@H]3O[C@@H]3O[C@H](CO)[C@@H](O[C@@H]4O[C@H](CO)[C@H](O)[C@H](O)[C@H]4O)[C@H](O)[C@H]3NC(C)=O)[C@@H]2O)[C@@H]1O. The molecule has 0 radical (unpaired) electrons. The van der Waals surface area contributed by atoms with Gasteiger partial charge in [-0.25, -0.2) is 0 Å². The first-order chi connectivity index (χ1) is 46.4. The smallest absolute Gasteiger partial charge is 0.217 e. The van der Waals surface area contributed by atoms with Crippen LogP contribution in [0.5, 0.6) is 0 Å². The molecule has 40 atom stereocenters. The third-order valence-electron chi connectivity index (χ3n) is 17.8. The van der Waals surface area contributed by atoms with Crippen molar-refractivity contribution in [3.63, 3.8) is 0 Å². The minimum Gasteiger partial charge on any atom is -0.394 e. The molecular formula is C54H91N3O41. The Morgan fingerprint density at radius 3 is 0.980 bits per heavy atom. The molecule has 44 nitrogen and oxygen atoms in total. The van der Waals surface area contributed by atoms with Crippen molar-refractivity contribution < 1.29 is 203 Å². The zero-order valence-electron chi connectivity index (χ0n) is 52.4. The molecule has 0 aromatic rings. The number of nitrogens with one attached hydrogen (secondary N) is 3. The third-order valence-corrected chi connectivity index (χ3v) is 17.8. The van der Waals surface area contributed by atoms with Gasteiger partial charge in [-0.15, -0.1) is 0 Å². The first-order valence-corrected chi connectivity index (χ1v) is 31.1. The van der Waals surface area contributed by atoms with Crippen LogP contribution in [0.4, 0.5) is 0 Å². The van der Waals surface area contributed by atoms with Crippen LogP contribution in [0.1, 0.15) is 20.8 Å². The summed E-state index contributed by atoms with van der Waals surface area (Å²) in [6.07, 6.45) is -75.3. The van der Waals surface area contributed by atoms with Gasteiger partial charge in [0.2, 0.25) is 17.7 Å². The molecule has 8 rings (SSSR count). The summed E-state index contributed by atoms with van der Waals surface area (Å²) in [7, 11) is 0. The van der Waals surface area contributed by atoms with Gasteiger partial charge in [-0.05, 0) is 0 Å². The van der Waals surface area contributed by atoms with E-state index in [1.807, 2.05) is 0 Å². The third kappa shape index (κ3) is 17.5. The lowest BCUT2D eigenvalue weighted by atomic mass is 9.93. The Kier molecular flexibility index (Phi) is 28.9. The molecule has 3 amide bonds. The van der Waals surface area contributed by atoms with E-state index in [1.165, 1.54) is 0 Å². The maximum absolute atomic E-state index is 12.9. The summed E-state index contributed by atoms with van der Waals surface area (Å²) in [5, 5.41) is 259. The maximum Gasteiger partial charge on any atom is 0.217 e. The Balaban J connectivity index is 1.11. The van der Waals surface area contributed by atoms with Crippen LogP contribution in [-0.4, -0.2) is 433 Å². The average molecular weight is 1440 g/mol. The fraction of sp³-hybridized carbons (Fsp3) is 0.944. The summed E-state index contributed by atoms with van der Waals surface area (Å²) >= 11 is 0. The Hall–Kier alpha value is -3.11. The maximum atomic E-state index is 12.9. The molecular weight excluding hydrogens is 1350 g/mol. The molecule has 98 heavy (non-hydrogen) atoms. The van der Waals surface area contributed by atoms with Crippen molar-refractivity contribution in [1.29, 1.82) is 0 Å². The van der Waals surface area contributed by atoms with Gasteiger partial charge in [0.15, 0.2) is 50.3 Å². The van der Waals surface area contributed by atoms with Gasteiger partial charge in [0.1, 0.15) is 195 Å². The summed E-state index contributed by atoms with van der Waals surface area (Å²) in [6, 6.07) is -5.39. The summed E-state index contributed by atoms with van der Waals surface area (Å²) in [5.74, 6) is -2.60. The van der Waals surface area contributed by atoms with E-state index in [1.54, 1.807) is 0 Å². The van der Waals surface area contributed by atoms with Gasteiger partial charge in [-0.3, -0.25) is 14.4 Å². The molecule has 8 aliphatic heterocycles. The van der Waals surface area contributed by atoms with Crippen molar-refractivity contribution in [2.75, 3.05) is 52.9 Å². The molecule has 8 heterocycles. The fourth-order valence-electron chi connectivity index (χ4n) is 12.6.